The first-order valence-electron chi connectivity index (χ1n) is 7.24. The van der Waals surface area contributed by atoms with E-state index in [1.807, 2.05) is 0 Å². The Hall–Kier alpha value is -0.120. The molecule has 0 bridgehead atoms. The van der Waals surface area contributed by atoms with Crippen LogP contribution in [0.4, 0.5) is 0 Å². The zero-order valence-corrected chi connectivity index (χ0v) is 11.5. The van der Waals surface area contributed by atoms with Gasteiger partial charge < -0.3 is 15.2 Å². The van der Waals surface area contributed by atoms with Gasteiger partial charge in [0.25, 0.3) is 0 Å². The Labute approximate surface area is 106 Å². The third-order valence-electron chi connectivity index (χ3n) is 3.55. The molecule has 1 saturated carbocycles. The van der Waals surface area contributed by atoms with Gasteiger partial charge in [-0.3, -0.25) is 0 Å². The molecule has 0 amide bonds. The molecule has 0 spiro atoms. The number of hydrogen-bond donors (Lipinski definition) is 1. The van der Waals surface area contributed by atoms with Gasteiger partial charge in [-0.15, -0.1) is 0 Å². The second-order valence-electron chi connectivity index (χ2n) is 5.06. The van der Waals surface area contributed by atoms with Gasteiger partial charge in [0.05, 0.1) is 18.8 Å². The molecule has 2 unspecified atom stereocenters. The molecular formula is C14H29NO2. The summed E-state index contributed by atoms with van der Waals surface area (Å²) in [4.78, 5) is 0. The summed E-state index contributed by atoms with van der Waals surface area (Å²) in [6.07, 6.45) is 7.82. The largest absolute Gasteiger partial charge is 0.380 e. The van der Waals surface area contributed by atoms with Crippen molar-refractivity contribution in [3.05, 3.63) is 0 Å². The molecule has 1 rings (SSSR count). The van der Waals surface area contributed by atoms with E-state index in [1.165, 1.54) is 32.1 Å². The number of rotatable bonds is 8. The zero-order valence-electron chi connectivity index (χ0n) is 11.5. The summed E-state index contributed by atoms with van der Waals surface area (Å²) < 4.78 is 11.4. The van der Waals surface area contributed by atoms with Gasteiger partial charge in [0.2, 0.25) is 0 Å². The van der Waals surface area contributed by atoms with Crippen LogP contribution in [0, 0.1) is 5.92 Å². The molecule has 0 aromatic heterocycles. The Morgan fingerprint density at radius 1 is 1.18 bits per heavy atom. The maximum Gasteiger partial charge on any atom is 0.0776 e. The van der Waals surface area contributed by atoms with E-state index in [2.05, 4.69) is 13.8 Å². The third-order valence-corrected chi connectivity index (χ3v) is 3.55. The highest BCUT2D eigenvalue weighted by atomic mass is 16.5. The lowest BCUT2D eigenvalue weighted by Crippen LogP contribution is -2.45. The SMILES string of the molecule is CCCOCC(N)C(OCC)C1CCCCC1. The smallest absolute Gasteiger partial charge is 0.0776 e. The monoisotopic (exact) mass is 243 g/mol. The molecule has 2 atom stereocenters. The van der Waals surface area contributed by atoms with Gasteiger partial charge in [0, 0.05) is 13.2 Å². The van der Waals surface area contributed by atoms with Crippen LogP contribution in [-0.4, -0.2) is 32.0 Å². The van der Waals surface area contributed by atoms with Gasteiger partial charge in [0.15, 0.2) is 0 Å². The van der Waals surface area contributed by atoms with Crippen LogP contribution < -0.4 is 5.73 Å². The van der Waals surface area contributed by atoms with E-state index in [0.717, 1.165) is 19.6 Å². The van der Waals surface area contributed by atoms with Gasteiger partial charge in [-0.25, -0.2) is 0 Å². The summed E-state index contributed by atoms with van der Waals surface area (Å²) in [6.45, 7) is 6.36. The maximum absolute atomic E-state index is 6.23. The number of nitrogens with two attached hydrogens (primary N) is 1. The molecular weight excluding hydrogens is 214 g/mol. The minimum atomic E-state index is 0.0320. The van der Waals surface area contributed by atoms with E-state index in [1.54, 1.807) is 0 Å². The van der Waals surface area contributed by atoms with Gasteiger partial charge in [-0.2, -0.15) is 0 Å². The van der Waals surface area contributed by atoms with Gasteiger partial charge >= 0.3 is 0 Å². The Bertz CT molecular complexity index is 181. The Balaban J connectivity index is 2.38. The Morgan fingerprint density at radius 3 is 2.47 bits per heavy atom. The normalized spacial score (nSPS) is 21.4. The van der Waals surface area contributed by atoms with Gasteiger partial charge in [0.1, 0.15) is 0 Å². The lowest BCUT2D eigenvalue weighted by molar-refractivity contribution is -0.0302. The first-order chi connectivity index (χ1) is 8.29. The van der Waals surface area contributed by atoms with Crippen LogP contribution in [0.1, 0.15) is 52.4 Å². The second kappa shape index (κ2) is 8.90. The van der Waals surface area contributed by atoms with Crippen LogP contribution >= 0.6 is 0 Å². The lowest BCUT2D eigenvalue weighted by atomic mass is 9.83. The first kappa shape index (κ1) is 14.9. The third kappa shape index (κ3) is 5.36. The molecule has 0 heterocycles. The van der Waals surface area contributed by atoms with Crippen molar-refractivity contribution in [2.24, 2.45) is 11.7 Å². The standard InChI is InChI=1S/C14H29NO2/c1-3-10-16-11-13(15)14(17-4-2)12-8-6-5-7-9-12/h12-14H,3-11,15H2,1-2H3. The molecule has 0 aromatic carbocycles. The summed E-state index contributed by atoms with van der Waals surface area (Å²) in [5.74, 6) is 0.643. The van der Waals surface area contributed by atoms with E-state index in [-0.39, 0.29) is 12.1 Å². The summed E-state index contributed by atoms with van der Waals surface area (Å²) in [5.41, 5.74) is 6.23. The predicted molar refractivity (Wildman–Crippen MR) is 71.1 cm³/mol. The van der Waals surface area contributed by atoms with Crippen LogP contribution in [0.3, 0.4) is 0 Å². The lowest BCUT2D eigenvalue weighted by Gasteiger charge is -2.33. The molecule has 2 N–H and O–H groups in total. The van der Waals surface area contributed by atoms with Crippen LogP contribution in [0.25, 0.3) is 0 Å². The van der Waals surface area contributed by atoms with Crippen molar-refractivity contribution in [2.45, 2.75) is 64.5 Å². The number of hydrogen-bond acceptors (Lipinski definition) is 3. The molecule has 0 radical (unpaired) electrons. The highest BCUT2D eigenvalue weighted by Gasteiger charge is 2.29. The van der Waals surface area contributed by atoms with Crippen LogP contribution in [0.2, 0.25) is 0 Å². The highest BCUT2D eigenvalue weighted by Crippen LogP contribution is 2.29. The van der Waals surface area contributed by atoms with Gasteiger partial charge in [-0.1, -0.05) is 26.2 Å². The molecule has 3 nitrogen and oxygen atoms in total. The minimum absolute atomic E-state index is 0.0320. The average molecular weight is 243 g/mol. The summed E-state index contributed by atoms with van der Waals surface area (Å²) in [5, 5.41) is 0. The Kier molecular flexibility index (Phi) is 7.82. The van der Waals surface area contributed by atoms with Crippen LogP contribution in [0.15, 0.2) is 0 Å². The fourth-order valence-corrected chi connectivity index (χ4v) is 2.72. The van der Waals surface area contributed by atoms with Crippen molar-refractivity contribution in [2.75, 3.05) is 19.8 Å². The van der Waals surface area contributed by atoms with Crippen molar-refractivity contribution >= 4 is 0 Å². The highest BCUT2D eigenvalue weighted by molar-refractivity contribution is 4.82. The van der Waals surface area contributed by atoms with Crippen molar-refractivity contribution in [3.63, 3.8) is 0 Å². The topological polar surface area (TPSA) is 44.5 Å². The number of ether oxygens (including phenoxy) is 2. The van der Waals surface area contributed by atoms with E-state index >= 15 is 0 Å². The maximum atomic E-state index is 6.23. The molecule has 17 heavy (non-hydrogen) atoms. The summed E-state index contributed by atoms with van der Waals surface area (Å²) in [6, 6.07) is 0.0320. The molecule has 0 aliphatic heterocycles. The summed E-state index contributed by atoms with van der Waals surface area (Å²) >= 11 is 0. The fourth-order valence-electron chi connectivity index (χ4n) is 2.72. The van der Waals surface area contributed by atoms with E-state index < -0.39 is 0 Å². The predicted octanol–water partition coefficient (Wildman–Crippen LogP) is 2.73. The molecule has 0 aromatic rings. The zero-order chi connectivity index (χ0) is 12.5. The molecule has 0 saturated heterocycles. The Morgan fingerprint density at radius 2 is 1.88 bits per heavy atom. The fraction of sp³-hybridized carbons (Fsp3) is 1.00. The van der Waals surface area contributed by atoms with Crippen LogP contribution in [-0.2, 0) is 9.47 Å². The molecule has 1 aliphatic rings. The second-order valence-corrected chi connectivity index (χ2v) is 5.06. The van der Waals surface area contributed by atoms with Crippen LogP contribution in [0.5, 0.6) is 0 Å². The minimum Gasteiger partial charge on any atom is -0.380 e. The molecule has 1 fully saturated rings. The van der Waals surface area contributed by atoms with Crippen molar-refractivity contribution < 1.29 is 9.47 Å². The molecule has 1 aliphatic carbocycles. The van der Waals surface area contributed by atoms with Crippen molar-refractivity contribution in [1.82, 2.24) is 0 Å². The van der Waals surface area contributed by atoms with E-state index in [4.69, 9.17) is 15.2 Å². The molecule has 3 heteroatoms. The van der Waals surface area contributed by atoms with Crippen molar-refractivity contribution in [3.8, 4) is 0 Å². The first-order valence-corrected chi connectivity index (χ1v) is 7.24. The van der Waals surface area contributed by atoms with Crippen molar-refractivity contribution in [1.29, 1.82) is 0 Å². The average Bonchev–Trinajstić information content (AvgIpc) is 2.37. The van der Waals surface area contributed by atoms with E-state index in [9.17, 15) is 0 Å². The van der Waals surface area contributed by atoms with E-state index in [0.29, 0.717) is 12.5 Å². The molecule has 102 valence electrons. The summed E-state index contributed by atoms with van der Waals surface area (Å²) in [7, 11) is 0. The van der Waals surface area contributed by atoms with Gasteiger partial charge in [-0.05, 0) is 32.1 Å². The quantitative estimate of drug-likeness (QED) is 0.667.